The third-order valence-corrected chi connectivity index (χ3v) is 5.27. The van der Waals surface area contributed by atoms with Gasteiger partial charge in [0.05, 0.1) is 23.4 Å². The number of aromatic hydroxyl groups is 1. The minimum absolute atomic E-state index is 0.0705. The molecule has 3 rings (SSSR count). The van der Waals surface area contributed by atoms with E-state index in [1.165, 1.54) is 10.9 Å². The van der Waals surface area contributed by atoms with E-state index in [1.54, 1.807) is 12.1 Å². The molecular formula is C14H15N3O4S. The van der Waals surface area contributed by atoms with Crippen molar-refractivity contribution in [2.75, 3.05) is 11.5 Å². The van der Waals surface area contributed by atoms with Gasteiger partial charge in [0.25, 0.3) is 5.91 Å². The molecule has 7 nitrogen and oxygen atoms in total. The molecule has 22 heavy (non-hydrogen) atoms. The van der Waals surface area contributed by atoms with Crippen LogP contribution in [0.5, 0.6) is 5.75 Å². The summed E-state index contributed by atoms with van der Waals surface area (Å²) in [7, 11) is -3.07. The number of para-hydroxylation sites is 1. The molecule has 2 heterocycles. The van der Waals surface area contributed by atoms with Crippen LogP contribution in [0.15, 0.2) is 36.5 Å². The summed E-state index contributed by atoms with van der Waals surface area (Å²) in [6, 6.07) is 8.63. The van der Waals surface area contributed by atoms with Crippen molar-refractivity contribution in [1.82, 2.24) is 15.1 Å². The topological polar surface area (TPSA) is 101 Å². The summed E-state index contributed by atoms with van der Waals surface area (Å²) >= 11 is 0. The van der Waals surface area contributed by atoms with Crippen LogP contribution in [-0.4, -0.2) is 46.8 Å². The van der Waals surface area contributed by atoms with Gasteiger partial charge in [-0.25, -0.2) is 13.1 Å². The van der Waals surface area contributed by atoms with Gasteiger partial charge in [0.2, 0.25) is 0 Å². The van der Waals surface area contributed by atoms with Crippen LogP contribution in [0.3, 0.4) is 0 Å². The molecule has 0 aliphatic carbocycles. The predicted molar refractivity (Wildman–Crippen MR) is 79.8 cm³/mol. The fourth-order valence-electron chi connectivity index (χ4n) is 2.40. The van der Waals surface area contributed by atoms with E-state index >= 15 is 0 Å². The fourth-order valence-corrected chi connectivity index (χ4v) is 4.08. The van der Waals surface area contributed by atoms with Crippen molar-refractivity contribution in [3.63, 3.8) is 0 Å². The molecule has 0 radical (unpaired) electrons. The number of hydrogen-bond donors (Lipinski definition) is 2. The summed E-state index contributed by atoms with van der Waals surface area (Å²) in [5.41, 5.74) is 0.591. The van der Waals surface area contributed by atoms with Crippen molar-refractivity contribution in [3.8, 4) is 11.4 Å². The third-order valence-electron chi connectivity index (χ3n) is 3.50. The number of aromatic nitrogens is 2. The average Bonchev–Trinajstić information content (AvgIpc) is 3.02. The first kappa shape index (κ1) is 14.6. The van der Waals surface area contributed by atoms with Gasteiger partial charge in [-0.15, -0.1) is 0 Å². The zero-order chi connectivity index (χ0) is 15.7. The van der Waals surface area contributed by atoms with E-state index in [0.717, 1.165) is 0 Å². The first-order valence-corrected chi connectivity index (χ1v) is 8.62. The largest absolute Gasteiger partial charge is 0.504 e. The Morgan fingerprint density at radius 3 is 2.68 bits per heavy atom. The first-order chi connectivity index (χ1) is 10.4. The number of benzene rings is 1. The summed E-state index contributed by atoms with van der Waals surface area (Å²) < 4.78 is 24.2. The lowest BCUT2D eigenvalue weighted by Crippen LogP contribution is -2.35. The van der Waals surface area contributed by atoms with Gasteiger partial charge in [-0.1, -0.05) is 18.2 Å². The molecular weight excluding hydrogens is 306 g/mol. The molecule has 1 aliphatic heterocycles. The van der Waals surface area contributed by atoms with E-state index in [0.29, 0.717) is 12.1 Å². The third kappa shape index (κ3) is 2.96. The number of carbonyl (C=O) groups excluding carboxylic acids is 1. The van der Waals surface area contributed by atoms with Gasteiger partial charge < -0.3 is 10.4 Å². The molecule has 2 aromatic rings. The summed E-state index contributed by atoms with van der Waals surface area (Å²) in [6.07, 6.45) is 1.73. The highest BCUT2D eigenvalue weighted by atomic mass is 32.2. The van der Waals surface area contributed by atoms with E-state index in [2.05, 4.69) is 10.4 Å². The van der Waals surface area contributed by atoms with Gasteiger partial charge in [0.1, 0.15) is 0 Å². The van der Waals surface area contributed by atoms with Crippen LogP contribution >= 0.6 is 0 Å². The van der Waals surface area contributed by atoms with Crippen LogP contribution < -0.4 is 5.32 Å². The number of nitrogens with one attached hydrogen (secondary N) is 1. The van der Waals surface area contributed by atoms with Crippen LogP contribution in [-0.2, 0) is 9.84 Å². The Kier molecular flexibility index (Phi) is 3.61. The Morgan fingerprint density at radius 1 is 1.32 bits per heavy atom. The van der Waals surface area contributed by atoms with Crippen molar-refractivity contribution in [2.45, 2.75) is 12.5 Å². The Balaban J connectivity index is 1.78. The van der Waals surface area contributed by atoms with Crippen molar-refractivity contribution in [3.05, 3.63) is 42.2 Å². The predicted octanol–water partition coefficient (Wildman–Crippen LogP) is 0.495. The number of hydrogen-bond acceptors (Lipinski definition) is 5. The van der Waals surface area contributed by atoms with Crippen LogP contribution in [0, 0.1) is 0 Å². The Morgan fingerprint density at radius 2 is 2.05 bits per heavy atom. The van der Waals surface area contributed by atoms with Gasteiger partial charge in [-0.05, 0) is 18.6 Å². The molecule has 1 aliphatic rings. The standard InChI is InChI=1S/C14H15N3O4S/c18-12-8-17(11-4-2-1-3-5-11)16-13(12)14(19)15-10-6-7-22(20,21)9-10/h1-5,8,10,18H,6-7,9H2,(H,15,19). The van der Waals surface area contributed by atoms with Gasteiger partial charge in [-0.3, -0.25) is 4.79 Å². The molecule has 1 aromatic carbocycles. The SMILES string of the molecule is O=C(NC1CCS(=O)(=O)C1)c1nn(-c2ccccc2)cc1O. The Labute approximate surface area is 127 Å². The molecule has 1 fully saturated rings. The zero-order valence-electron chi connectivity index (χ0n) is 11.6. The maximum atomic E-state index is 12.1. The first-order valence-electron chi connectivity index (χ1n) is 6.80. The van der Waals surface area contributed by atoms with Crippen LogP contribution in [0.25, 0.3) is 5.69 Å². The van der Waals surface area contributed by atoms with Crippen molar-refractivity contribution in [1.29, 1.82) is 0 Å². The van der Waals surface area contributed by atoms with E-state index in [4.69, 9.17) is 0 Å². The maximum absolute atomic E-state index is 12.1. The van der Waals surface area contributed by atoms with E-state index < -0.39 is 21.8 Å². The molecule has 1 amide bonds. The highest BCUT2D eigenvalue weighted by Crippen LogP contribution is 2.19. The van der Waals surface area contributed by atoms with Crippen LogP contribution in [0.1, 0.15) is 16.9 Å². The van der Waals surface area contributed by atoms with Crippen molar-refractivity contribution >= 4 is 15.7 Å². The Hall–Kier alpha value is -2.35. The minimum Gasteiger partial charge on any atom is -0.504 e. The lowest BCUT2D eigenvalue weighted by molar-refractivity contribution is 0.0933. The molecule has 0 saturated carbocycles. The molecule has 1 aromatic heterocycles. The normalized spacial score (nSPS) is 19.9. The van der Waals surface area contributed by atoms with E-state index in [1.807, 2.05) is 18.2 Å². The van der Waals surface area contributed by atoms with E-state index in [9.17, 15) is 18.3 Å². The molecule has 0 spiro atoms. The van der Waals surface area contributed by atoms with E-state index in [-0.39, 0.29) is 22.9 Å². The lowest BCUT2D eigenvalue weighted by Gasteiger charge is -2.09. The smallest absolute Gasteiger partial charge is 0.275 e. The monoisotopic (exact) mass is 321 g/mol. The molecule has 8 heteroatoms. The fraction of sp³-hybridized carbons (Fsp3) is 0.286. The second-order valence-electron chi connectivity index (χ2n) is 5.22. The second-order valence-corrected chi connectivity index (χ2v) is 7.45. The quantitative estimate of drug-likeness (QED) is 0.857. The van der Waals surface area contributed by atoms with Gasteiger partial charge in [-0.2, -0.15) is 5.10 Å². The lowest BCUT2D eigenvalue weighted by atomic mass is 10.2. The summed E-state index contributed by atoms with van der Waals surface area (Å²) in [5, 5.41) is 16.5. The molecule has 1 saturated heterocycles. The van der Waals surface area contributed by atoms with Crippen molar-refractivity contribution < 1.29 is 18.3 Å². The van der Waals surface area contributed by atoms with Crippen molar-refractivity contribution in [2.24, 2.45) is 0 Å². The number of carbonyl (C=O) groups is 1. The van der Waals surface area contributed by atoms with Crippen LogP contribution in [0.4, 0.5) is 0 Å². The number of rotatable bonds is 3. The summed E-state index contributed by atoms with van der Waals surface area (Å²) in [5.74, 6) is -0.821. The average molecular weight is 321 g/mol. The minimum atomic E-state index is -3.07. The van der Waals surface area contributed by atoms with Gasteiger partial charge in [0, 0.05) is 6.04 Å². The second kappa shape index (κ2) is 5.45. The summed E-state index contributed by atoms with van der Waals surface area (Å²) in [4.78, 5) is 12.1. The highest BCUT2D eigenvalue weighted by molar-refractivity contribution is 7.91. The van der Waals surface area contributed by atoms with Gasteiger partial charge in [0.15, 0.2) is 21.3 Å². The number of nitrogens with zero attached hydrogens (tertiary/aromatic N) is 2. The molecule has 1 atom stereocenters. The summed E-state index contributed by atoms with van der Waals surface area (Å²) in [6.45, 7) is 0. The Bertz CT molecular complexity index is 799. The molecule has 0 bridgehead atoms. The number of amides is 1. The zero-order valence-corrected chi connectivity index (χ0v) is 12.5. The van der Waals surface area contributed by atoms with Crippen LogP contribution in [0.2, 0.25) is 0 Å². The molecule has 1 unspecified atom stereocenters. The molecule has 116 valence electrons. The molecule has 2 N–H and O–H groups in total. The highest BCUT2D eigenvalue weighted by Gasteiger charge is 2.30. The number of sulfone groups is 1. The maximum Gasteiger partial charge on any atom is 0.275 e. The van der Waals surface area contributed by atoms with Gasteiger partial charge >= 0.3 is 0 Å².